The molecule has 2 atom stereocenters. The molecular formula is C20H22N4O2. The monoisotopic (exact) mass is 350 g/mol. The van der Waals surface area contributed by atoms with Crippen molar-refractivity contribution in [2.75, 3.05) is 18.5 Å². The second-order valence-electron chi connectivity index (χ2n) is 6.46. The Kier molecular flexibility index (Phi) is 5.04. The molecule has 2 aromatic heterocycles. The zero-order chi connectivity index (χ0) is 17.8. The Balaban J connectivity index is 1.51. The molecule has 0 spiro atoms. The first-order chi connectivity index (χ1) is 12.8. The zero-order valence-electron chi connectivity index (χ0n) is 14.8. The van der Waals surface area contributed by atoms with Crippen LogP contribution in [-0.4, -0.2) is 40.5 Å². The number of ether oxygens (including phenoxy) is 2. The van der Waals surface area contributed by atoms with Crippen molar-refractivity contribution >= 4 is 16.6 Å². The van der Waals surface area contributed by atoms with Gasteiger partial charge in [-0.25, -0.2) is 0 Å². The van der Waals surface area contributed by atoms with Gasteiger partial charge in [-0.2, -0.15) is 5.10 Å². The van der Waals surface area contributed by atoms with E-state index in [1.165, 1.54) is 0 Å². The molecule has 0 unspecified atom stereocenters. The minimum atomic E-state index is -0.0624. The van der Waals surface area contributed by atoms with Gasteiger partial charge in [0.25, 0.3) is 0 Å². The van der Waals surface area contributed by atoms with Gasteiger partial charge < -0.3 is 14.8 Å². The van der Waals surface area contributed by atoms with E-state index in [1.807, 2.05) is 37.3 Å². The van der Waals surface area contributed by atoms with Crippen molar-refractivity contribution in [1.82, 2.24) is 15.2 Å². The van der Waals surface area contributed by atoms with Crippen LogP contribution in [0.3, 0.4) is 0 Å². The van der Waals surface area contributed by atoms with Crippen molar-refractivity contribution in [3.63, 3.8) is 0 Å². The summed E-state index contributed by atoms with van der Waals surface area (Å²) in [5, 5.41) is 14.4. The maximum absolute atomic E-state index is 6.09. The Hall–Kier alpha value is -2.57. The minimum Gasteiger partial charge on any atom is -0.379 e. The smallest absolute Gasteiger partial charge is 0.156 e. The van der Waals surface area contributed by atoms with Crippen LogP contribution in [-0.2, 0) is 16.1 Å². The predicted octanol–water partition coefficient (Wildman–Crippen LogP) is 3.12. The van der Waals surface area contributed by atoms with Crippen LogP contribution in [0.5, 0.6) is 0 Å². The number of anilines is 1. The molecule has 6 nitrogen and oxygen atoms in total. The van der Waals surface area contributed by atoms with Crippen molar-refractivity contribution in [2.45, 2.75) is 32.1 Å². The number of aryl methyl sites for hydroxylation is 1. The highest BCUT2D eigenvalue weighted by molar-refractivity contribution is 5.92. The number of aromatic nitrogens is 3. The van der Waals surface area contributed by atoms with E-state index in [9.17, 15) is 0 Å². The van der Waals surface area contributed by atoms with Crippen LogP contribution >= 0.6 is 0 Å². The molecule has 1 N–H and O–H groups in total. The molecule has 1 fully saturated rings. The number of nitrogens with one attached hydrogen (secondary N) is 1. The summed E-state index contributed by atoms with van der Waals surface area (Å²) in [5.74, 6) is 0.796. The van der Waals surface area contributed by atoms with Crippen LogP contribution in [0.1, 0.15) is 17.8 Å². The first-order valence-electron chi connectivity index (χ1n) is 8.89. The Morgan fingerprint density at radius 3 is 2.81 bits per heavy atom. The molecule has 0 aliphatic carbocycles. The average molecular weight is 350 g/mol. The number of fused-ring (bicyclic) bond motifs is 1. The lowest BCUT2D eigenvalue weighted by molar-refractivity contribution is -0.0645. The predicted molar refractivity (Wildman–Crippen MR) is 99.9 cm³/mol. The normalized spacial score (nSPS) is 20.2. The summed E-state index contributed by atoms with van der Waals surface area (Å²) >= 11 is 0. The van der Waals surface area contributed by atoms with Gasteiger partial charge in [0.15, 0.2) is 5.82 Å². The number of hydrogen-bond acceptors (Lipinski definition) is 6. The van der Waals surface area contributed by atoms with Crippen LogP contribution in [0.15, 0.2) is 48.7 Å². The lowest BCUT2D eigenvalue weighted by atomic mass is 10.0. The molecule has 3 heterocycles. The summed E-state index contributed by atoms with van der Waals surface area (Å²) < 4.78 is 11.7. The quantitative estimate of drug-likeness (QED) is 0.762. The molecule has 1 aromatic carbocycles. The van der Waals surface area contributed by atoms with Gasteiger partial charge in [-0.05, 0) is 25.5 Å². The van der Waals surface area contributed by atoms with Gasteiger partial charge in [-0.15, -0.1) is 5.10 Å². The lowest BCUT2D eigenvalue weighted by Crippen LogP contribution is -2.44. The highest BCUT2D eigenvalue weighted by atomic mass is 16.5. The first kappa shape index (κ1) is 16.9. The summed E-state index contributed by atoms with van der Waals surface area (Å²) in [6.45, 7) is 3.71. The van der Waals surface area contributed by atoms with Crippen molar-refractivity contribution in [3.05, 3.63) is 60.0 Å². The van der Waals surface area contributed by atoms with E-state index in [4.69, 9.17) is 9.47 Å². The van der Waals surface area contributed by atoms with E-state index in [-0.39, 0.29) is 12.1 Å². The van der Waals surface area contributed by atoms with Gasteiger partial charge in [0.2, 0.25) is 0 Å². The summed E-state index contributed by atoms with van der Waals surface area (Å²) in [4.78, 5) is 4.31. The highest BCUT2D eigenvalue weighted by Gasteiger charge is 2.27. The van der Waals surface area contributed by atoms with Crippen LogP contribution in [0.4, 0.5) is 5.82 Å². The van der Waals surface area contributed by atoms with Crippen LogP contribution in [0.2, 0.25) is 0 Å². The fourth-order valence-corrected chi connectivity index (χ4v) is 3.24. The van der Waals surface area contributed by atoms with Crippen molar-refractivity contribution < 1.29 is 9.47 Å². The fraction of sp³-hybridized carbons (Fsp3) is 0.350. The van der Waals surface area contributed by atoms with E-state index >= 15 is 0 Å². The lowest BCUT2D eigenvalue weighted by Gasteiger charge is -2.32. The molecule has 0 saturated carbocycles. The summed E-state index contributed by atoms with van der Waals surface area (Å²) in [6.07, 6.45) is 2.57. The molecule has 0 radical (unpaired) electrons. The zero-order valence-corrected chi connectivity index (χ0v) is 14.8. The maximum atomic E-state index is 6.09. The van der Waals surface area contributed by atoms with Gasteiger partial charge >= 0.3 is 0 Å². The van der Waals surface area contributed by atoms with Crippen LogP contribution < -0.4 is 5.32 Å². The van der Waals surface area contributed by atoms with E-state index < -0.39 is 0 Å². The molecule has 6 heteroatoms. The van der Waals surface area contributed by atoms with Gasteiger partial charge in [0, 0.05) is 23.6 Å². The molecule has 1 aliphatic heterocycles. The third kappa shape index (κ3) is 3.66. The number of pyridine rings is 1. The molecule has 0 bridgehead atoms. The molecule has 1 aliphatic rings. The van der Waals surface area contributed by atoms with E-state index in [2.05, 4.69) is 32.6 Å². The molecule has 26 heavy (non-hydrogen) atoms. The van der Waals surface area contributed by atoms with Gasteiger partial charge in [-0.1, -0.05) is 30.3 Å². The van der Waals surface area contributed by atoms with Crippen LogP contribution in [0, 0.1) is 6.92 Å². The molecular weight excluding hydrogens is 328 g/mol. The van der Waals surface area contributed by atoms with Gasteiger partial charge in [-0.3, -0.25) is 4.98 Å². The fourth-order valence-electron chi connectivity index (χ4n) is 3.24. The first-order valence-corrected chi connectivity index (χ1v) is 8.89. The molecule has 1 saturated heterocycles. The molecule has 134 valence electrons. The Morgan fingerprint density at radius 1 is 1.12 bits per heavy atom. The van der Waals surface area contributed by atoms with E-state index in [0.29, 0.717) is 19.8 Å². The number of benzene rings is 1. The third-order valence-electron chi connectivity index (χ3n) is 4.67. The Bertz CT molecular complexity index is 872. The van der Waals surface area contributed by atoms with Crippen LogP contribution in [0.25, 0.3) is 10.8 Å². The highest BCUT2D eigenvalue weighted by Crippen LogP contribution is 2.25. The summed E-state index contributed by atoms with van der Waals surface area (Å²) in [7, 11) is 0. The Labute approximate surface area is 152 Å². The van der Waals surface area contributed by atoms with E-state index in [1.54, 1.807) is 6.20 Å². The SMILES string of the molecule is Cc1nnc(N[C@@H]2CCOC[C@H]2OCc2ccccn2)c2ccccc12. The minimum absolute atomic E-state index is 0.0624. The number of rotatable bonds is 5. The van der Waals surface area contributed by atoms with Gasteiger partial charge in [0.05, 0.1) is 30.6 Å². The maximum Gasteiger partial charge on any atom is 0.156 e. The molecule has 4 rings (SSSR count). The summed E-state index contributed by atoms with van der Waals surface area (Å²) in [5.41, 5.74) is 1.85. The van der Waals surface area contributed by atoms with Gasteiger partial charge in [0.1, 0.15) is 6.10 Å². The van der Waals surface area contributed by atoms with Crippen molar-refractivity contribution in [1.29, 1.82) is 0 Å². The van der Waals surface area contributed by atoms with E-state index in [0.717, 1.165) is 34.4 Å². The van der Waals surface area contributed by atoms with Crippen molar-refractivity contribution in [3.8, 4) is 0 Å². The third-order valence-corrected chi connectivity index (χ3v) is 4.67. The molecule has 3 aromatic rings. The Morgan fingerprint density at radius 2 is 1.96 bits per heavy atom. The van der Waals surface area contributed by atoms with Crippen molar-refractivity contribution in [2.24, 2.45) is 0 Å². The standard InChI is InChI=1S/C20H22N4O2/c1-14-16-7-2-3-8-17(16)20(24-23-14)22-18-9-11-25-13-19(18)26-12-15-6-4-5-10-21-15/h2-8,10,18-19H,9,11-13H2,1H3,(H,22,24)/t18-,19-/m1/s1. The topological polar surface area (TPSA) is 69.2 Å². The number of hydrogen-bond donors (Lipinski definition) is 1. The second-order valence-corrected chi connectivity index (χ2v) is 6.46. The average Bonchev–Trinajstić information content (AvgIpc) is 2.70. The molecule has 0 amide bonds. The largest absolute Gasteiger partial charge is 0.379 e. The number of nitrogens with zero attached hydrogens (tertiary/aromatic N) is 3. The summed E-state index contributed by atoms with van der Waals surface area (Å²) in [6, 6.07) is 14.1. The second kappa shape index (κ2) is 7.76.